The molecule has 122 valence electrons. The minimum Gasteiger partial charge on any atom is -0.497 e. The van der Waals surface area contributed by atoms with Crippen LogP contribution in [-0.2, 0) is 11.3 Å². The van der Waals surface area contributed by atoms with E-state index in [2.05, 4.69) is 15.3 Å². The maximum absolute atomic E-state index is 11.9. The van der Waals surface area contributed by atoms with Gasteiger partial charge in [-0.3, -0.25) is 4.79 Å². The number of carbonyl (C=O) groups is 1. The molecule has 1 atom stereocenters. The topological polar surface area (TPSA) is 104 Å². The van der Waals surface area contributed by atoms with Crippen molar-refractivity contribution in [1.82, 2.24) is 15.3 Å². The molecule has 0 saturated carbocycles. The highest BCUT2D eigenvalue weighted by Crippen LogP contribution is 2.16. The van der Waals surface area contributed by atoms with Crippen molar-refractivity contribution in [1.29, 1.82) is 0 Å². The number of aromatic amines is 1. The van der Waals surface area contributed by atoms with Gasteiger partial charge in [0, 0.05) is 12.7 Å². The number of rotatable bonds is 6. The first-order chi connectivity index (χ1) is 11.0. The van der Waals surface area contributed by atoms with Crippen molar-refractivity contribution < 1.29 is 14.6 Å². The number of ether oxygens (including phenoxy) is 1. The van der Waals surface area contributed by atoms with Crippen LogP contribution in [0.3, 0.4) is 0 Å². The molecule has 0 saturated heterocycles. The number of hydrogen-bond donors (Lipinski definition) is 3. The molecule has 2 aromatic rings. The SMILES string of the molecule is COc1ccc(CNC(=O)CC(O)c2nc(=O)[nH]cc2C)cc1. The van der Waals surface area contributed by atoms with Crippen molar-refractivity contribution in [3.05, 3.63) is 57.8 Å². The van der Waals surface area contributed by atoms with E-state index in [1.165, 1.54) is 6.20 Å². The summed E-state index contributed by atoms with van der Waals surface area (Å²) < 4.78 is 5.06. The minimum atomic E-state index is -1.12. The number of nitrogens with one attached hydrogen (secondary N) is 2. The zero-order valence-corrected chi connectivity index (χ0v) is 13.0. The van der Waals surface area contributed by atoms with Crippen LogP contribution < -0.4 is 15.7 Å². The highest BCUT2D eigenvalue weighted by Gasteiger charge is 2.17. The molecule has 1 aromatic carbocycles. The minimum absolute atomic E-state index is 0.159. The Bertz CT molecular complexity index is 725. The highest BCUT2D eigenvalue weighted by molar-refractivity contribution is 5.76. The van der Waals surface area contributed by atoms with Crippen LogP contribution in [0.5, 0.6) is 5.75 Å². The van der Waals surface area contributed by atoms with Gasteiger partial charge in [-0.05, 0) is 30.2 Å². The number of carbonyl (C=O) groups excluding carboxylic acids is 1. The first-order valence-electron chi connectivity index (χ1n) is 7.13. The van der Waals surface area contributed by atoms with Gasteiger partial charge in [0.25, 0.3) is 0 Å². The maximum atomic E-state index is 11.9. The molecule has 23 heavy (non-hydrogen) atoms. The second-order valence-corrected chi connectivity index (χ2v) is 5.12. The van der Waals surface area contributed by atoms with E-state index < -0.39 is 11.8 Å². The van der Waals surface area contributed by atoms with Gasteiger partial charge >= 0.3 is 5.69 Å². The van der Waals surface area contributed by atoms with Crippen LogP contribution in [0.2, 0.25) is 0 Å². The normalized spacial score (nSPS) is 11.8. The molecule has 3 N–H and O–H groups in total. The Morgan fingerprint density at radius 1 is 1.39 bits per heavy atom. The largest absolute Gasteiger partial charge is 0.497 e. The third kappa shape index (κ3) is 4.65. The van der Waals surface area contributed by atoms with Crippen molar-refractivity contribution in [3.63, 3.8) is 0 Å². The van der Waals surface area contributed by atoms with Gasteiger partial charge < -0.3 is 20.1 Å². The van der Waals surface area contributed by atoms with Crippen LogP contribution in [0, 0.1) is 6.92 Å². The van der Waals surface area contributed by atoms with E-state index in [1.54, 1.807) is 26.2 Å². The van der Waals surface area contributed by atoms with Gasteiger partial charge in [-0.2, -0.15) is 4.98 Å². The van der Waals surface area contributed by atoms with Crippen molar-refractivity contribution in [2.24, 2.45) is 0 Å². The average Bonchev–Trinajstić information content (AvgIpc) is 2.55. The van der Waals surface area contributed by atoms with Crippen molar-refractivity contribution in [2.75, 3.05) is 7.11 Å². The lowest BCUT2D eigenvalue weighted by molar-refractivity contribution is -0.123. The van der Waals surface area contributed by atoms with Gasteiger partial charge in [-0.15, -0.1) is 0 Å². The van der Waals surface area contributed by atoms with Crippen LogP contribution in [0.25, 0.3) is 0 Å². The summed E-state index contributed by atoms with van der Waals surface area (Å²) in [5.74, 6) is 0.418. The summed E-state index contributed by atoms with van der Waals surface area (Å²) in [6.07, 6.45) is 0.185. The average molecular weight is 317 g/mol. The summed E-state index contributed by atoms with van der Waals surface area (Å²) in [4.78, 5) is 29.2. The number of hydrogen-bond acceptors (Lipinski definition) is 5. The van der Waals surface area contributed by atoms with E-state index in [1.807, 2.05) is 12.1 Å². The van der Waals surface area contributed by atoms with Gasteiger partial charge in [0.15, 0.2) is 0 Å². The predicted molar refractivity (Wildman–Crippen MR) is 84.0 cm³/mol. The number of methoxy groups -OCH3 is 1. The van der Waals surface area contributed by atoms with E-state index >= 15 is 0 Å². The Balaban J connectivity index is 1.90. The van der Waals surface area contributed by atoms with Gasteiger partial charge in [0.2, 0.25) is 5.91 Å². The maximum Gasteiger partial charge on any atom is 0.345 e. The van der Waals surface area contributed by atoms with Crippen LogP contribution in [0.4, 0.5) is 0 Å². The molecule has 1 heterocycles. The molecule has 0 aliphatic heterocycles. The number of benzene rings is 1. The first kappa shape index (κ1) is 16.7. The molecule has 2 rings (SSSR count). The molecule has 0 radical (unpaired) electrons. The monoisotopic (exact) mass is 317 g/mol. The zero-order valence-electron chi connectivity index (χ0n) is 13.0. The molecular formula is C16H19N3O4. The summed E-state index contributed by atoms with van der Waals surface area (Å²) in [6.45, 7) is 2.05. The summed E-state index contributed by atoms with van der Waals surface area (Å²) in [7, 11) is 1.59. The molecule has 0 bridgehead atoms. The predicted octanol–water partition coefficient (Wildman–Crippen LogP) is 0.827. The van der Waals surface area contributed by atoms with E-state index in [-0.39, 0.29) is 18.0 Å². The summed E-state index contributed by atoms with van der Waals surface area (Å²) in [6, 6.07) is 7.30. The van der Waals surface area contributed by atoms with E-state index in [0.717, 1.165) is 11.3 Å². The van der Waals surface area contributed by atoms with Gasteiger partial charge in [-0.25, -0.2) is 4.79 Å². The van der Waals surface area contributed by atoms with Crippen molar-refractivity contribution >= 4 is 5.91 Å². The van der Waals surface area contributed by atoms with Gasteiger partial charge in [0.05, 0.1) is 19.2 Å². The zero-order chi connectivity index (χ0) is 16.8. The van der Waals surface area contributed by atoms with Crippen molar-refractivity contribution in [2.45, 2.75) is 26.0 Å². The fourth-order valence-corrected chi connectivity index (χ4v) is 2.10. The van der Waals surface area contributed by atoms with Crippen LogP contribution in [-0.4, -0.2) is 28.1 Å². The fourth-order valence-electron chi connectivity index (χ4n) is 2.10. The number of aliphatic hydroxyl groups is 1. The molecule has 0 aliphatic rings. The fraction of sp³-hybridized carbons (Fsp3) is 0.312. The number of aromatic nitrogens is 2. The lowest BCUT2D eigenvalue weighted by Gasteiger charge is -2.12. The lowest BCUT2D eigenvalue weighted by Crippen LogP contribution is -2.26. The summed E-state index contributed by atoms with van der Waals surface area (Å²) >= 11 is 0. The number of aryl methyl sites for hydroxylation is 1. The van der Waals surface area contributed by atoms with Crippen LogP contribution in [0.1, 0.15) is 29.3 Å². The summed E-state index contributed by atoms with van der Waals surface area (Å²) in [5, 5.41) is 12.8. The third-order valence-electron chi connectivity index (χ3n) is 3.38. The van der Waals surface area contributed by atoms with Crippen LogP contribution in [0.15, 0.2) is 35.3 Å². The quantitative estimate of drug-likeness (QED) is 0.732. The smallest absolute Gasteiger partial charge is 0.345 e. The Morgan fingerprint density at radius 2 is 2.09 bits per heavy atom. The van der Waals surface area contributed by atoms with Gasteiger partial charge in [0.1, 0.15) is 11.9 Å². The molecule has 7 nitrogen and oxygen atoms in total. The number of amides is 1. The Labute approximate surface area is 133 Å². The van der Waals surface area contributed by atoms with E-state index in [9.17, 15) is 14.7 Å². The van der Waals surface area contributed by atoms with Crippen LogP contribution >= 0.6 is 0 Å². The Kier molecular flexibility index (Phi) is 5.48. The standard InChI is InChI=1S/C16H19N3O4/c1-10-8-18-16(22)19-15(10)13(20)7-14(21)17-9-11-3-5-12(23-2)6-4-11/h3-6,8,13,20H,7,9H2,1-2H3,(H,17,21)(H,18,19,22). The molecule has 1 amide bonds. The second-order valence-electron chi connectivity index (χ2n) is 5.12. The number of nitrogens with zero attached hydrogens (tertiary/aromatic N) is 1. The van der Waals surface area contributed by atoms with E-state index in [0.29, 0.717) is 12.1 Å². The molecule has 1 unspecified atom stereocenters. The summed E-state index contributed by atoms with van der Waals surface area (Å²) in [5.41, 5.74) is 1.20. The molecule has 0 spiro atoms. The Morgan fingerprint density at radius 3 is 2.74 bits per heavy atom. The number of H-pyrrole nitrogens is 1. The second kappa shape index (κ2) is 7.55. The van der Waals surface area contributed by atoms with E-state index in [4.69, 9.17) is 4.74 Å². The lowest BCUT2D eigenvalue weighted by atomic mass is 10.1. The molecule has 1 aromatic heterocycles. The Hall–Kier alpha value is -2.67. The molecule has 0 aliphatic carbocycles. The highest BCUT2D eigenvalue weighted by atomic mass is 16.5. The molecule has 0 fully saturated rings. The van der Waals surface area contributed by atoms with Gasteiger partial charge in [-0.1, -0.05) is 12.1 Å². The van der Waals surface area contributed by atoms with Crippen molar-refractivity contribution in [3.8, 4) is 5.75 Å². The molecular weight excluding hydrogens is 298 g/mol. The first-order valence-corrected chi connectivity index (χ1v) is 7.13. The molecule has 7 heteroatoms. The number of aliphatic hydroxyl groups excluding tert-OH is 1. The third-order valence-corrected chi connectivity index (χ3v) is 3.38.